The molecule has 3 rings (SSSR count). The summed E-state index contributed by atoms with van der Waals surface area (Å²) in [7, 11) is 2.04. The van der Waals surface area contributed by atoms with E-state index in [4.69, 9.17) is 0 Å². The molecule has 25 heavy (non-hydrogen) atoms. The van der Waals surface area contributed by atoms with Gasteiger partial charge < -0.3 is 10.2 Å². The van der Waals surface area contributed by atoms with Crippen molar-refractivity contribution in [3.8, 4) is 5.69 Å². The van der Waals surface area contributed by atoms with Gasteiger partial charge in [0, 0.05) is 31.4 Å². The molecule has 0 aliphatic heterocycles. The molecule has 1 N–H and O–H groups in total. The molecular weight excluding hydrogens is 314 g/mol. The fraction of sp³-hybridized carbons (Fsp3) is 0.211. The molecule has 6 heteroatoms. The summed E-state index contributed by atoms with van der Waals surface area (Å²) in [5, 5.41) is 7.09. The molecule has 0 bridgehead atoms. The Hall–Kier alpha value is -3.15. The first kappa shape index (κ1) is 16.7. The van der Waals surface area contributed by atoms with Gasteiger partial charge in [-0.3, -0.25) is 4.79 Å². The third-order valence-corrected chi connectivity index (χ3v) is 4.11. The van der Waals surface area contributed by atoms with Crippen molar-refractivity contribution in [2.75, 3.05) is 18.5 Å². The Bertz CT molecular complexity index is 845. The average Bonchev–Trinajstić information content (AvgIpc) is 3.20. The second-order valence-corrected chi connectivity index (χ2v) is 5.72. The Kier molecular flexibility index (Phi) is 5.09. The molecule has 128 valence electrons. The van der Waals surface area contributed by atoms with E-state index in [1.165, 1.54) is 6.33 Å². The van der Waals surface area contributed by atoms with Gasteiger partial charge in [0.1, 0.15) is 12.7 Å². The number of rotatable bonds is 6. The van der Waals surface area contributed by atoms with Crippen LogP contribution < -0.4 is 10.2 Å². The molecule has 0 unspecified atom stereocenters. The first-order valence-corrected chi connectivity index (χ1v) is 8.21. The Balaban J connectivity index is 1.73. The monoisotopic (exact) mass is 335 g/mol. The van der Waals surface area contributed by atoms with Gasteiger partial charge in [-0.25, -0.2) is 9.67 Å². The first-order chi connectivity index (χ1) is 12.2. The minimum atomic E-state index is -0.115. The van der Waals surface area contributed by atoms with E-state index in [1.807, 2.05) is 37.4 Å². The van der Waals surface area contributed by atoms with Gasteiger partial charge in [-0.15, -0.1) is 0 Å². The van der Waals surface area contributed by atoms with E-state index in [0.717, 1.165) is 23.5 Å². The maximum Gasteiger partial charge on any atom is 0.251 e. The maximum atomic E-state index is 12.5. The normalized spacial score (nSPS) is 10.5. The highest BCUT2D eigenvalue weighted by atomic mass is 16.1. The van der Waals surface area contributed by atoms with Gasteiger partial charge >= 0.3 is 0 Å². The Morgan fingerprint density at radius 3 is 2.80 bits per heavy atom. The molecule has 3 aromatic rings. The van der Waals surface area contributed by atoms with Crippen LogP contribution in [0.25, 0.3) is 5.69 Å². The number of para-hydroxylation sites is 1. The standard InChI is InChI=1S/C19H21N5O/c1-3-23(2)18-10-5-4-7-16(18)12-21-19(25)15-8-6-9-17(11-15)24-14-20-13-22-24/h4-11,13-14H,3,12H2,1-2H3,(H,21,25). The molecule has 0 radical (unpaired) electrons. The van der Waals surface area contributed by atoms with Gasteiger partial charge in [-0.05, 0) is 36.8 Å². The van der Waals surface area contributed by atoms with E-state index in [0.29, 0.717) is 12.1 Å². The van der Waals surface area contributed by atoms with Crippen molar-refractivity contribution in [3.63, 3.8) is 0 Å². The van der Waals surface area contributed by atoms with Crippen molar-refractivity contribution in [3.05, 3.63) is 72.3 Å². The molecule has 0 fully saturated rings. The van der Waals surface area contributed by atoms with E-state index in [2.05, 4.69) is 33.3 Å². The minimum Gasteiger partial charge on any atom is -0.375 e. The lowest BCUT2D eigenvalue weighted by Crippen LogP contribution is -2.25. The summed E-state index contributed by atoms with van der Waals surface area (Å²) in [4.78, 5) is 18.6. The highest BCUT2D eigenvalue weighted by molar-refractivity contribution is 5.94. The minimum absolute atomic E-state index is 0.115. The Labute approximate surface area is 147 Å². The van der Waals surface area contributed by atoms with Gasteiger partial charge in [0.2, 0.25) is 0 Å². The van der Waals surface area contributed by atoms with E-state index in [9.17, 15) is 4.79 Å². The van der Waals surface area contributed by atoms with Crippen molar-refractivity contribution in [1.29, 1.82) is 0 Å². The van der Waals surface area contributed by atoms with Crippen LogP contribution in [-0.4, -0.2) is 34.3 Å². The van der Waals surface area contributed by atoms with Crippen molar-refractivity contribution in [2.24, 2.45) is 0 Å². The SMILES string of the molecule is CCN(C)c1ccccc1CNC(=O)c1cccc(-n2cncn2)c1. The number of nitrogens with one attached hydrogen (secondary N) is 1. The summed E-state index contributed by atoms with van der Waals surface area (Å²) < 4.78 is 1.63. The Morgan fingerprint density at radius 2 is 2.04 bits per heavy atom. The van der Waals surface area contributed by atoms with Crippen LogP contribution in [0.4, 0.5) is 5.69 Å². The summed E-state index contributed by atoms with van der Waals surface area (Å²) >= 11 is 0. The van der Waals surface area contributed by atoms with Crippen molar-refractivity contribution < 1.29 is 4.79 Å². The number of carbonyl (C=O) groups is 1. The topological polar surface area (TPSA) is 63.1 Å². The molecule has 6 nitrogen and oxygen atoms in total. The van der Waals surface area contributed by atoms with Gasteiger partial charge in [0.25, 0.3) is 5.91 Å². The summed E-state index contributed by atoms with van der Waals surface area (Å²) in [6.07, 6.45) is 3.07. The molecule has 1 heterocycles. The zero-order valence-corrected chi connectivity index (χ0v) is 14.4. The summed E-state index contributed by atoms with van der Waals surface area (Å²) in [5.74, 6) is -0.115. The van der Waals surface area contributed by atoms with Crippen molar-refractivity contribution in [1.82, 2.24) is 20.1 Å². The number of aromatic nitrogens is 3. The van der Waals surface area contributed by atoms with Gasteiger partial charge in [-0.2, -0.15) is 5.10 Å². The lowest BCUT2D eigenvalue weighted by molar-refractivity contribution is 0.0951. The number of hydrogen-bond acceptors (Lipinski definition) is 4. The van der Waals surface area contributed by atoms with Gasteiger partial charge in [-0.1, -0.05) is 24.3 Å². The molecule has 0 saturated heterocycles. The van der Waals surface area contributed by atoms with Crippen LogP contribution in [0.5, 0.6) is 0 Å². The number of benzene rings is 2. The zero-order valence-electron chi connectivity index (χ0n) is 14.4. The highest BCUT2D eigenvalue weighted by Gasteiger charge is 2.10. The first-order valence-electron chi connectivity index (χ1n) is 8.21. The Morgan fingerprint density at radius 1 is 1.20 bits per heavy atom. The van der Waals surface area contributed by atoms with E-state index >= 15 is 0 Å². The molecular formula is C19H21N5O. The molecule has 1 amide bonds. The summed E-state index contributed by atoms with van der Waals surface area (Å²) in [6.45, 7) is 3.49. The number of hydrogen-bond donors (Lipinski definition) is 1. The molecule has 0 atom stereocenters. The zero-order chi connectivity index (χ0) is 17.6. The predicted octanol–water partition coefficient (Wildman–Crippen LogP) is 2.65. The fourth-order valence-corrected chi connectivity index (χ4v) is 2.61. The van der Waals surface area contributed by atoms with Crippen LogP contribution >= 0.6 is 0 Å². The fourth-order valence-electron chi connectivity index (χ4n) is 2.61. The molecule has 0 aliphatic carbocycles. The van der Waals surface area contributed by atoms with Gasteiger partial charge in [0.05, 0.1) is 5.69 Å². The quantitative estimate of drug-likeness (QED) is 0.752. The third-order valence-electron chi connectivity index (χ3n) is 4.11. The van der Waals surface area contributed by atoms with Crippen LogP contribution in [0.1, 0.15) is 22.8 Å². The maximum absolute atomic E-state index is 12.5. The molecule has 1 aromatic heterocycles. The van der Waals surface area contributed by atoms with Crippen molar-refractivity contribution >= 4 is 11.6 Å². The molecule has 0 aliphatic rings. The average molecular weight is 335 g/mol. The second kappa shape index (κ2) is 7.61. The van der Waals surface area contributed by atoms with Gasteiger partial charge in [0.15, 0.2) is 0 Å². The van der Waals surface area contributed by atoms with Crippen molar-refractivity contribution in [2.45, 2.75) is 13.5 Å². The van der Waals surface area contributed by atoms with E-state index in [1.54, 1.807) is 23.1 Å². The van der Waals surface area contributed by atoms with Crippen LogP contribution in [0.2, 0.25) is 0 Å². The summed E-state index contributed by atoms with van der Waals surface area (Å²) in [6, 6.07) is 15.4. The lowest BCUT2D eigenvalue weighted by atomic mass is 10.1. The third kappa shape index (κ3) is 3.85. The van der Waals surface area contributed by atoms with E-state index < -0.39 is 0 Å². The van der Waals surface area contributed by atoms with Crippen LogP contribution in [-0.2, 0) is 6.54 Å². The largest absolute Gasteiger partial charge is 0.375 e. The van der Waals surface area contributed by atoms with Crippen LogP contribution in [0, 0.1) is 0 Å². The molecule has 2 aromatic carbocycles. The number of amides is 1. The number of carbonyl (C=O) groups excluding carboxylic acids is 1. The second-order valence-electron chi connectivity index (χ2n) is 5.72. The predicted molar refractivity (Wildman–Crippen MR) is 97.9 cm³/mol. The van der Waals surface area contributed by atoms with E-state index in [-0.39, 0.29) is 5.91 Å². The number of anilines is 1. The summed E-state index contributed by atoms with van der Waals surface area (Å²) in [5.41, 5.74) is 3.61. The smallest absolute Gasteiger partial charge is 0.251 e. The number of nitrogens with zero attached hydrogens (tertiary/aromatic N) is 4. The molecule has 0 spiro atoms. The lowest BCUT2D eigenvalue weighted by Gasteiger charge is -2.20. The van der Waals surface area contributed by atoms with Crippen LogP contribution in [0.15, 0.2) is 61.2 Å². The van der Waals surface area contributed by atoms with Crippen LogP contribution in [0.3, 0.4) is 0 Å². The molecule has 0 saturated carbocycles. The highest BCUT2D eigenvalue weighted by Crippen LogP contribution is 2.19.